The molecule has 3 aliphatic carbocycles. The Kier molecular flexibility index (Phi) is 5.58. The first-order valence-electron chi connectivity index (χ1n) is 10.3. The Balaban J connectivity index is 0.000000415. The van der Waals surface area contributed by atoms with Gasteiger partial charge >= 0.3 is 0 Å². The van der Waals surface area contributed by atoms with Crippen molar-refractivity contribution in [2.45, 2.75) is 90.1 Å². The Morgan fingerprint density at radius 1 is 1.12 bits per heavy atom. The summed E-state index contributed by atoms with van der Waals surface area (Å²) >= 11 is 0. The summed E-state index contributed by atoms with van der Waals surface area (Å²) in [6, 6.07) is 5.96. The minimum atomic E-state index is -0.119. The second-order valence-corrected chi connectivity index (χ2v) is 8.11. The van der Waals surface area contributed by atoms with Gasteiger partial charge in [-0.3, -0.25) is 0 Å². The van der Waals surface area contributed by atoms with Crippen LogP contribution in [0.4, 0.5) is 0 Å². The van der Waals surface area contributed by atoms with Crippen molar-refractivity contribution in [2.24, 2.45) is 5.92 Å². The predicted octanol–water partition coefficient (Wildman–Crippen LogP) is 5.65. The Morgan fingerprint density at radius 2 is 1.88 bits per heavy atom. The summed E-state index contributed by atoms with van der Waals surface area (Å²) in [7, 11) is 0. The molecule has 1 saturated carbocycles. The number of rotatable bonds is 2. The number of phenolic OH excluding ortho intramolecular Hbond substituents is 1. The number of fused-ring (bicyclic) bond motifs is 4. The lowest BCUT2D eigenvalue weighted by molar-refractivity contribution is 0.177. The molecule has 1 aromatic rings. The third-order valence-electron chi connectivity index (χ3n) is 6.74. The van der Waals surface area contributed by atoms with E-state index in [1.807, 2.05) is 12.1 Å². The Hall–Kier alpha value is -1.28. The standard InChI is InChI=1S/C19H24O2.C4H10/c1-2-19-8-7-12-9-15(21)11-16(12)18(19)5-3-13-10-14(20)4-6-17(13)19;1-3-4-2/h4,6,10,12,15,20-21H,2-3,5,7-9,11H2,1H3;3-4H2,1-2H3. The molecule has 0 aliphatic heterocycles. The number of aliphatic hydroxyl groups excluding tert-OH is 1. The number of hydrogen-bond donors (Lipinski definition) is 2. The van der Waals surface area contributed by atoms with Crippen molar-refractivity contribution in [3.63, 3.8) is 0 Å². The monoisotopic (exact) mass is 342 g/mol. The number of unbranched alkanes of at least 4 members (excludes halogenated alkanes) is 1. The number of phenols is 1. The fourth-order valence-corrected chi connectivity index (χ4v) is 5.31. The molecule has 2 heteroatoms. The van der Waals surface area contributed by atoms with Gasteiger partial charge in [-0.05, 0) is 74.1 Å². The van der Waals surface area contributed by atoms with E-state index >= 15 is 0 Å². The molecule has 2 nitrogen and oxygen atoms in total. The molecule has 1 fully saturated rings. The highest BCUT2D eigenvalue weighted by molar-refractivity contribution is 5.51. The first-order chi connectivity index (χ1) is 12.1. The first kappa shape index (κ1) is 18.5. The van der Waals surface area contributed by atoms with Crippen LogP contribution in [0.2, 0.25) is 0 Å². The molecule has 3 aliphatic rings. The van der Waals surface area contributed by atoms with Crippen molar-refractivity contribution in [1.82, 2.24) is 0 Å². The van der Waals surface area contributed by atoms with Gasteiger partial charge in [-0.2, -0.15) is 0 Å². The third kappa shape index (κ3) is 3.26. The van der Waals surface area contributed by atoms with Crippen LogP contribution < -0.4 is 0 Å². The number of hydrogen-bond acceptors (Lipinski definition) is 2. The average molecular weight is 343 g/mol. The molecule has 0 aromatic heterocycles. The fourth-order valence-electron chi connectivity index (χ4n) is 5.31. The highest BCUT2D eigenvalue weighted by Gasteiger charge is 2.46. The highest BCUT2D eigenvalue weighted by atomic mass is 16.3. The van der Waals surface area contributed by atoms with Crippen molar-refractivity contribution >= 4 is 0 Å². The van der Waals surface area contributed by atoms with Gasteiger partial charge in [0.1, 0.15) is 5.75 Å². The van der Waals surface area contributed by atoms with Crippen LogP contribution in [0.1, 0.15) is 83.3 Å². The van der Waals surface area contributed by atoms with Gasteiger partial charge in [0.15, 0.2) is 0 Å². The lowest BCUT2D eigenvalue weighted by atomic mass is 9.57. The van der Waals surface area contributed by atoms with Gasteiger partial charge in [-0.1, -0.05) is 50.8 Å². The molecular weight excluding hydrogens is 308 g/mol. The van der Waals surface area contributed by atoms with E-state index in [4.69, 9.17) is 0 Å². The van der Waals surface area contributed by atoms with Gasteiger partial charge in [0.2, 0.25) is 0 Å². The van der Waals surface area contributed by atoms with Crippen LogP contribution in [0, 0.1) is 5.92 Å². The summed E-state index contributed by atoms with van der Waals surface area (Å²) in [5.74, 6) is 1.02. The quantitative estimate of drug-likeness (QED) is 0.681. The summed E-state index contributed by atoms with van der Waals surface area (Å²) in [6.07, 6.45) is 10.1. The summed E-state index contributed by atoms with van der Waals surface area (Å²) in [4.78, 5) is 0. The Morgan fingerprint density at radius 3 is 2.56 bits per heavy atom. The predicted molar refractivity (Wildman–Crippen MR) is 104 cm³/mol. The van der Waals surface area contributed by atoms with E-state index in [9.17, 15) is 10.2 Å². The second-order valence-electron chi connectivity index (χ2n) is 8.11. The molecule has 3 atom stereocenters. The second kappa shape index (κ2) is 7.53. The molecule has 0 spiro atoms. The first-order valence-corrected chi connectivity index (χ1v) is 10.3. The van der Waals surface area contributed by atoms with Crippen molar-refractivity contribution in [3.05, 3.63) is 40.5 Å². The molecule has 0 radical (unpaired) electrons. The largest absolute Gasteiger partial charge is 0.508 e. The molecule has 4 rings (SSSR count). The van der Waals surface area contributed by atoms with E-state index in [2.05, 4.69) is 26.8 Å². The maximum Gasteiger partial charge on any atom is 0.115 e. The molecule has 0 amide bonds. The maximum atomic E-state index is 10.1. The van der Waals surface area contributed by atoms with Crippen molar-refractivity contribution in [2.75, 3.05) is 0 Å². The van der Waals surface area contributed by atoms with Crippen LogP contribution in [0.3, 0.4) is 0 Å². The van der Waals surface area contributed by atoms with Gasteiger partial charge in [-0.15, -0.1) is 0 Å². The molecule has 0 heterocycles. The lowest BCUT2D eigenvalue weighted by Crippen LogP contribution is -2.37. The summed E-state index contributed by atoms with van der Waals surface area (Å²) < 4.78 is 0. The number of benzene rings is 1. The maximum absolute atomic E-state index is 10.1. The zero-order valence-electron chi connectivity index (χ0n) is 16.1. The fraction of sp³-hybridized carbons (Fsp3) is 0.652. The van der Waals surface area contributed by atoms with Crippen molar-refractivity contribution in [3.8, 4) is 5.75 Å². The van der Waals surface area contributed by atoms with Gasteiger partial charge in [0.05, 0.1) is 6.10 Å². The van der Waals surface area contributed by atoms with E-state index < -0.39 is 0 Å². The van der Waals surface area contributed by atoms with Crippen LogP contribution in [-0.4, -0.2) is 16.3 Å². The van der Waals surface area contributed by atoms with Gasteiger partial charge in [0.25, 0.3) is 0 Å². The number of aryl methyl sites for hydroxylation is 1. The minimum Gasteiger partial charge on any atom is -0.508 e. The number of aromatic hydroxyl groups is 1. The smallest absolute Gasteiger partial charge is 0.115 e. The zero-order chi connectivity index (χ0) is 18.0. The number of allylic oxidation sites excluding steroid dienone is 1. The molecule has 3 unspecified atom stereocenters. The van der Waals surface area contributed by atoms with Crippen molar-refractivity contribution in [1.29, 1.82) is 0 Å². The van der Waals surface area contributed by atoms with Crippen LogP contribution in [0.15, 0.2) is 29.3 Å². The normalized spacial score (nSPS) is 30.1. The molecular formula is C23H34O2. The summed E-state index contributed by atoms with van der Waals surface area (Å²) in [5.41, 5.74) is 6.16. The van der Waals surface area contributed by atoms with E-state index in [0.29, 0.717) is 11.7 Å². The van der Waals surface area contributed by atoms with Crippen LogP contribution in [0.25, 0.3) is 0 Å². The van der Waals surface area contributed by atoms with Gasteiger partial charge < -0.3 is 10.2 Å². The minimum absolute atomic E-state index is 0.119. The SMILES string of the molecule is CCC12CCC3CC(O)CC3=C1CCc1cc(O)ccc12.CCCC. The van der Waals surface area contributed by atoms with E-state index in [1.54, 1.807) is 11.1 Å². The van der Waals surface area contributed by atoms with E-state index in [1.165, 1.54) is 36.8 Å². The average Bonchev–Trinajstić information content (AvgIpc) is 3.01. The third-order valence-corrected chi connectivity index (χ3v) is 6.74. The molecule has 0 saturated heterocycles. The summed E-state index contributed by atoms with van der Waals surface area (Å²) in [5, 5.41) is 19.9. The van der Waals surface area contributed by atoms with Crippen LogP contribution in [-0.2, 0) is 11.8 Å². The summed E-state index contributed by atoms with van der Waals surface area (Å²) in [6.45, 7) is 6.66. The number of aliphatic hydroxyl groups is 1. The molecule has 138 valence electrons. The Bertz CT molecular complexity index is 643. The molecule has 2 N–H and O–H groups in total. The van der Waals surface area contributed by atoms with Gasteiger partial charge in [0, 0.05) is 5.41 Å². The molecule has 25 heavy (non-hydrogen) atoms. The molecule has 1 aromatic carbocycles. The lowest BCUT2D eigenvalue weighted by Gasteiger charge is -2.46. The van der Waals surface area contributed by atoms with Crippen LogP contribution in [0.5, 0.6) is 5.75 Å². The topological polar surface area (TPSA) is 40.5 Å². The zero-order valence-corrected chi connectivity index (χ0v) is 16.1. The van der Waals surface area contributed by atoms with Crippen molar-refractivity contribution < 1.29 is 10.2 Å². The Labute approximate surface area is 153 Å². The van der Waals surface area contributed by atoms with E-state index in [-0.39, 0.29) is 11.5 Å². The van der Waals surface area contributed by atoms with Crippen LogP contribution >= 0.6 is 0 Å². The highest BCUT2D eigenvalue weighted by Crippen LogP contribution is 2.56. The van der Waals surface area contributed by atoms with E-state index in [0.717, 1.165) is 32.1 Å². The molecule has 0 bridgehead atoms. The van der Waals surface area contributed by atoms with Gasteiger partial charge in [-0.25, -0.2) is 0 Å².